The molecule has 1 aliphatic heterocycles. The van der Waals surface area contributed by atoms with E-state index in [9.17, 15) is 4.79 Å². The molecule has 1 heterocycles. The van der Waals surface area contributed by atoms with Crippen LogP contribution in [-0.2, 0) is 4.79 Å². The molecule has 0 radical (unpaired) electrons. The lowest BCUT2D eigenvalue weighted by atomic mass is 9.83. The maximum Gasteiger partial charge on any atom is 0.241 e. The third-order valence-corrected chi connectivity index (χ3v) is 5.94. The van der Waals surface area contributed by atoms with Crippen LogP contribution in [0.2, 0.25) is 0 Å². The van der Waals surface area contributed by atoms with Crippen molar-refractivity contribution in [1.29, 1.82) is 0 Å². The van der Waals surface area contributed by atoms with Gasteiger partial charge in [-0.2, -0.15) is 0 Å². The Morgan fingerprint density at radius 2 is 1.41 bits per heavy atom. The Morgan fingerprint density at radius 3 is 2.03 bits per heavy atom. The van der Waals surface area contributed by atoms with Crippen molar-refractivity contribution in [2.75, 3.05) is 18.2 Å². The number of benzene rings is 3. The average Bonchev–Trinajstić information content (AvgIpc) is 3.26. The fourth-order valence-electron chi connectivity index (χ4n) is 4.38. The number of aliphatic hydroxyl groups excluding tert-OH is 1. The topological polar surface area (TPSA) is 66.7 Å². The Kier molecular flexibility index (Phi) is 7.54. The molecular weight excluding hydrogens is 398 g/mol. The lowest BCUT2D eigenvalue weighted by Gasteiger charge is -2.38. The second kappa shape index (κ2) is 10.9. The van der Waals surface area contributed by atoms with Crippen molar-refractivity contribution >= 4 is 11.6 Å². The molecule has 3 aromatic carbocycles. The van der Waals surface area contributed by atoms with Gasteiger partial charge >= 0.3 is 0 Å². The van der Waals surface area contributed by atoms with Gasteiger partial charge in [-0.1, -0.05) is 90.5 Å². The first-order valence-electron chi connectivity index (χ1n) is 11.3. The third-order valence-electron chi connectivity index (χ3n) is 5.94. The summed E-state index contributed by atoms with van der Waals surface area (Å²) < 4.78 is 0. The van der Waals surface area contributed by atoms with Gasteiger partial charge in [0.25, 0.3) is 0 Å². The highest BCUT2D eigenvalue weighted by Gasteiger charge is 2.39. The number of anilines is 1. The van der Waals surface area contributed by atoms with Gasteiger partial charge in [0.05, 0.1) is 6.04 Å². The Balaban J connectivity index is 1.69. The Hall–Kier alpha value is -3.15. The number of rotatable bonds is 9. The molecule has 3 unspecified atom stereocenters. The van der Waals surface area contributed by atoms with Crippen molar-refractivity contribution in [2.24, 2.45) is 0 Å². The molecule has 0 aromatic heterocycles. The van der Waals surface area contributed by atoms with Gasteiger partial charge in [0.15, 0.2) is 0 Å². The number of amides is 1. The molecule has 2 N–H and O–H groups in total. The Bertz CT molecular complexity index is 966. The molecular formula is C27H30N3O2-. The minimum absolute atomic E-state index is 0.0196. The van der Waals surface area contributed by atoms with Gasteiger partial charge < -0.3 is 20.9 Å². The molecule has 0 spiro atoms. The van der Waals surface area contributed by atoms with Gasteiger partial charge in [0.1, 0.15) is 0 Å². The van der Waals surface area contributed by atoms with E-state index in [4.69, 9.17) is 10.5 Å². The summed E-state index contributed by atoms with van der Waals surface area (Å²) in [7, 11) is 0. The van der Waals surface area contributed by atoms with Crippen LogP contribution in [0.4, 0.5) is 5.69 Å². The van der Waals surface area contributed by atoms with E-state index in [-0.39, 0.29) is 24.5 Å². The van der Waals surface area contributed by atoms with E-state index in [1.54, 1.807) is 0 Å². The molecule has 5 nitrogen and oxygen atoms in total. The van der Waals surface area contributed by atoms with Gasteiger partial charge in [-0.3, -0.25) is 4.79 Å². The highest BCUT2D eigenvalue weighted by molar-refractivity contribution is 5.88. The van der Waals surface area contributed by atoms with Crippen molar-refractivity contribution in [1.82, 2.24) is 5.32 Å². The Morgan fingerprint density at radius 1 is 0.812 bits per heavy atom. The van der Waals surface area contributed by atoms with Crippen LogP contribution in [0.5, 0.6) is 0 Å². The van der Waals surface area contributed by atoms with Crippen molar-refractivity contribution in [3.05, 3.63) is 108 Å². The Labute approximate surface area is 190 Å². The fourth-order valence-corrected chi connectivity index (χ4v) is 4.38. The minimum atomic E-state index is -0.456. The fraction of sp³-hybridized carbons (Fsp3) is 0.296. The number of aliphatic hydroxyl groups is 1. The molecule has 166 valence electrons. The van der Waals surface area contributed by atoms with Gasteiger partial charge in [-0.05, 0) is 37.0 Å². The zero-order valence-electron chi connectivity index (χ0n) is 18.2. The van der Waals surface area contributed by atoms with E-state index < -0.39 is 6.04 Å². The zero-order valence-corrected chi connectivity index (χ0v) is 18.2. The van der Waals surface area contributed by atoms with Gasteiger partial charge in [0, 0.05) is 24.8 Å². The maximum absolute atomic E-state index is 13.6. The highest BCUT2D eigenvalue weighted by Crippen LogP contribution is 2.50. The van der Waals surface area contributed by atoms with Crippen molar-refractivity contribution in [3.8, 4) is 0 Å². The molecule has 5 heteroatoms. The summed E-state index contributed by atoms with van der Waals surface area (Å²) in [5.41, 5.74) is 8.19. The number of carbonyl (C=O) groups excluding carboxylic acids is 1. The van der Waals surface area contributed by atoms with Gasteiger partial charge in [-0.25, -0.2) is 0 Å². The second-order valence-electron chi connectivity index (χ2n) is 8.11. The van der Waals surface area contributed by atoms with Crippen LogP contribution in [-0.4, -0.2) is 30.2 Å². The number of carbonyl (C=O) groups is 1. The molecule has 1 amide bonds. The first-order chi connectivity index (χ1) is 15.8. The number of unbranched alkanes of at least 4 members (excludes halogenated alkanes) is 2. The first-order valence-corrected chi connectivity index (χ1v) is 11.3. The summed E-state index contributed by atoms with van der Waals surface area (Å²) in [5.74, 6) is -0.134. The van der Waals surface area contributed by atoms with Crippen LogP contribution >= 0.6 is 0 Å². The summed E-state index contributed by atoms with van der Waals surface area (Å²) in [6.45, 7) is 0.779. The molecule has 3 atom stereocenters. The van der Waals surface area contributed by atoms with E-state index in [0.29, 0.717) is 6.54 Å². The maximum atomic E-state index is 13.6. The monoisotopic (exact) mass is 428 g/mol. The van der Waals surface area contributed by atoms with E-state index >= 15 is 0 Å². The van der Waals surface area contributed by atoms with Crippen LogP contribution in [0, 0.1) is 0 Å². The molecule has 3 aromatic rings. The SMILES string of the molecule is O=C(NCCCCCO)C1C(c2ccccc2)C(c2ccccc2)[N-]N1c1ccccc1. The standard InChI is InChI=1S/C27H30N3O2/c31-20-12-4-11-19-28-27(32)26-24(21-13-5-1-6-14-21)25(22-15-7-2-8-16-22)29-30(26)23-17-9-3-10-18-23/h1-3,5-10,13-18,24-26,31H,4,11-12,19-20H2,(H,28,32)/q-1. The lowest BCUT2D eigenvalue weighted by molar-refractivity contribution is -0.122. The molecule has 32 heavy (non-hydrogen) atoms. The van der Waals surface area contributed by atoms with Crippen molar-refractivity contribution < 1.29 is 9.90 Å². The van der Waals surface area contributed by atoms with E-state index in [1.807, 2.05) is 71.7 Å². The second-order valence-corrected chi connectivity index (χ2v) is 8.11. The van der Waals surface area contributed by atoms with Crippen molar-refractivity contribution in [3.63, 3.8) is 0 Å². The van der Waals surface area contributed by atoms with Crippen LogP contribution in [0.25, 0.3) is 5.43 Å². The predicted molar refractivity (Wildman–Crippen MR) is 128 cm³/mol. The highest BCUT2D eigenvalue weighted by atomic mass is 16.2. The molecule has 0 saturated carbocycles. The number of nitrogens with zero attached hydrogens (tertiary/aromatic N) is 2. The van der Waals surface area contributed by atoms with E-state index in [2.05, 4.69) is 29.6 Å². The summed E-state index contributed by atoms with van der Waals surface area (Å²) >= 11 is 0. The quantitative estimate of drug-likeness (QED) is 0.473. The molecule has 1 saturated heterocycles. The normalized spacial score (nSPS) is 20.3. The molecule has 1 fully saturated rings. The van der Waals surface area contributed by atoms with Crippen LogP contribution in [0.15, 0.2) is 91.0 Å². The number of hydrogen-bond donors (Lipinski definition) is 2. The molecule has 0 aliphatic carbocycles. The molecule has 1 aliphatic rings. The number of para-hydroxylation sites is 1. The van der Waals surface area contributed by atoms with Crippen LogP contribution in [0.3, 0.4) is 0 Å². The van der Waals surface area contributed by atoms with Crippen LogP contribution in [0.1, 0.15) is 42.3 Å². The van der Waals surface area contributed by atoms with E-state index in [1.165, 1.54) is 0 Å². The summed E-state index contributed by atoms with van der Waals surface area (Å²) in [6, 6.07) is 29.7. The average molecular weight is 429 g/mol. The van der Waals surface area contributed by atoms with Crippen molar-refractivity contribution in [2.45, 2.75) is 37.3 Å². The summed E-state index contributed by atoms with van der Waals surface area (Å²) in [6.07, 6.45) is 2.50. The third kappa shape index (κ3) is 5.01. The smallest absolute Gasteiger partial charge is 0.241 e. The zero-order chi connectivity index (χ0) is 22.2. The summed E-state index contributed by atoms with van der Waals surface area (Å²) in [5, 5.41) is 14.0. The largest absolute Gasteiger partial charge is 0.560 e. The minimum Gasteiger partial charge on any atom is -0.560 e. The molecule has 4 rings (SSSR count). The van der Waals surface area contributed by atoms with Gasteiger partial charge in [-0.15, -0.1) is 0 Å². The molecule has 0 bridgehead atoms. The van der Waals surface area contributed by atoms with Gasteiger partial charge in [0.2, 0.25) is 5.91 Å². The summed E-state index contributed by atoms with van der Waals surface area (Å²) in [4.78, 5) is 13.6. The number of nitrogens with one attached hydrogen (secondary N) is 1. The number of hydrogen-bond acceptors (Lipinski definition) is 3. The predicted octanol–water partition coefficient (Wildman–Crippen LogP) is 4.97. The van der Waals surface area contributed by atoms with Crippen LogP contribution < -0.4 is 10.3 Å². The van der Waals surface area contributed by atoms with E-state index in [0.717, 1.165) is 36.1 Å². The first kappa shape index (κ1) is 22.1. The lowest BCUT2D eigenvalue weighted by Crippen LogP contribution is -2.45.